The third-order valence-electron chi connectivity index (χ3n) is 2.85. The molecule has 1 aliphatic heterocycles. The van der Waals surface area contributed by atoms with E-state index in [-0.39, 0.29) is 6.09 Å². The van der Waals surface area contributed by atoms with Crippen LogP contribution in [0.4, 0.5) is 10.6 Å². The molecule has 0 aromatic carbocycles. The SMILES string of the molecule is CNc1nn(C)c2c1CN(C(=O)OC(C)(C)C)C2. The van der Waals surface area contributed by atoms with Gasteiger partial charge in [0.1, 0.15) is 5.60 Å². The number of hydrogen-bond donors (Lipinski definition) is 1. The molecule has 1 aromatic heterocycles. The highest BCUT2D eigenvalue weighted by atomic mass is 16.6. The lowest BCUT2D eigenvalue weighted by atomic mass is 10.2. The lowest BCUT2D eigenvalue weighted by Gasteiger charge is -2.24. The summed E-state index contributed by atoms with van der Waals surface area (Å²) < 4.78 is 7.18. The van der Waals surface area contributed by atoms with Crippen LogP contribution < -0.4 is 5.32 Å². The number of nitrogens with one attached hydrogen (secondary N) is 1. The molecule has 18 heavy (non-hydrogen) atoms. The quantitative estimate of drug-likeness (QED) is 0.826. The molecule has 0 saturated carbocycles. The Bertz CT molecular complexity index is 473. The maximum absolute atomic E-state index is 12.0. The van der Waals surface area contributed by atoms with Gasteiger partial charge in [-0.1, -0.05) is 0 Å². The van der Waals surface area contributed by atoms with Gasteiger partial charge in [0.25, 0.3) is 0 Å². The van der Waals surface area contributed by atoms with E-state index in [0.29, 0.717) is 13.1 Å². The Kier molecular flexibility index (Phi) is 2.96. The first-order chi connectivity index (χ1) is 8.31. The molecule has 1 amide bonds. The number of ether oxygens (including phenoxy) is 1. The van der Waals surface area contributed by atoms with E-state index >= 15 is 0 Å². The topological polar surface area (TPSA) is 59.4 Å². The minimum Gasteiger partial charge on any atom is -0.444 e. The predicted molar refractivity (Wildman–Crippen MR) is 68.2 cm³/mol. The van der Waals surface area contributed by atoms with Gasteiger partial charge in [0.15, 0.2) is 5.82 Å². The van der Waals surface area contributed by atoms with E-state index in [1.807, 2.05) is 39.5 Å². The molecule has 0 radical (unpaired) electrons. The van der Waals surface area contributed by atoms with Gasteiger partial charge in [-0.15, -0.1) is 0 Å². The Morgan fingerprint density at radius 3 is 2.61 bits per heavy atom. The van der Waals surface area contributed by atoms with Gasteiger partial charge in [0, 0.05) is 19.7 Å². The van der Waals surface area contributed by atoms with Crippen LogP contribution in [0.1, 0.15) is 32.0 Å². The van der Waals surface area contributed by atoms with Crippen molar-refractivity contribution in [1.82, 2.24) is 14.7 Å². The van der Waals surface area contributed by atoms with Crippen LogP contribution in [-0.4, -0.2) is 33.4 Å². The second kappa shape index (κ2) is 4.19. The Balaban J connectivity index is 2.13. The van der Waals surface area contributed by atoms with Crippen LogP contribution >= 0.6 is 0 Å². The Labute approximate surface area is 107 Å². The average molecular weight is 252 g/mol. The van der Waals surface area contributed by atoms with E-state index in [9.17, 15) is 4.79 Å². The molecule has 1 aromatic rings. The standard InChI is InChI=1S/C12H20N4O2/c1-12(2,3)18-11(17)16-6-8-9(7-16)15(5)14-10(8)13-4/h6-7H2,1-5H3,(H,13,14). The fourth-order valence-electron chi connectivity index (χ4n) is 2.05. The average Bonchev–Trinajstić information content (AvgIpc) is 2.77. The van der Waals surface area contributed by atoms with Crippen LogP contribution in [-0.2, 0) is 24.9 Å². The van der Waals surface area contributed by atoms with E-state index in [2.05, 4.69) is 10.4 Å². The molecule has 2 heterocycles. The number of aryl methyl sites for hydroxylation is 1. The largest absolute Gasteiger partial charge is 0.444 e. The van der Waals surface area contributed by atoms with Gasteiger partial charge in [-0.05, 0) is 20.8 Å². The highest BCUT2D eigenvalue weighted by Gasteiger charge is 2.32. The summed E-state index contributed by atoms with van der Waals surface area (Å²) in [5.74, 6) is 0.832. The van der Waals surface area contributed by atoms with Crippen LogP contribution in [0, 0.1) is 0 Å². The van der Waals surface area contributed by atoms with Crippen molar-refractivity contribution in [2.24, 2.45) is 7.05 Å². The monoisotopic (exact) mass is 252 g/mol. The predicted octanol–water partition coefficient (Wildman–Crippen LogP) is 1.71. The first-order valence-electron chi connectivity index (χ1n) is 6.02. The molecular formula is C12H20N4O2. The summed E-state index contributed by atoms with van der Waals surface area (Å²) in [6.07, 6.45) is -0.277. The highest BCUT2D eigenvalue weighted by Crippen LogP contribution is 2.29. The van der Waals surface area contributed by atoms with Crippen molar-refractivity contribution < 1.29 is 9.53 Å². The summed E-state index contributed by atoms with van der Waals surface area (Å²) in [6.45, 7) is 6.71. The number of aromatic nitrogens is 2. The number of carbonyl (C=O) groups is 1. The number of fused-ring (bicyclic) bond motifs is 1. The number of amides is 1. The lowest BCUT2D eigenvalue weighted by Crippen LogP contribution is -2.33. The maximum atomic E-state index is 12.0. The summed E-state index contributed by atoms with van der Waals surface area (Å²) in [5.41, 5.74) is 1.67. The molecule has 1 aliphatic rings. The van der Waals surface area contributed by atoms with Crippen molar-refractivity contribution in [2.45, 2.75) is 39.5 Å². The Morgan fingerprint density at radius 2 is 2.06 bits per heavy atom. The van der Waals surface area contributed by atoms with Crippen LogP contribution in [0.15, 0.2) is 0 Å². The molecule has 6 heteroatoms. The van der Waals surface area contributed by atoms with E-state index in [4.69, 9.17) is 4.74 Å². The molecule has 0 unspecified atom stereocenters. The van der Waals surface area contributed by atoms with Crippen molar-refractivity contribution in [3.05, 3.63) is 11.3 Å². The summed E-state index contributed by atoms with van der Waals surface area (Å²) in [4.78, 5) is 13.7. The number of anilines is 1. The smallest absolute Gasteiger partial charge is 0.410 e. The minimum absolute atomic E-state index is 0.277. The molecule has 0 fully saturated rings. The molecule has 0 bridgehead atoms. The van der Waals surface area contributed by atoms with Gasteiger partial charge >= 0.3 is 6.09 Å². The normalized spacial score (nSPS) is 14.6. The number of carbonyl (C=O) groups excluding carboxylic acids is 1. The number of rotatable bonds is 1. The number of hydrogen-bond acceptors (Lipinski definition) is 4. The van der Waals surface area contributed by atoms with Gasteiger partial charge < -0.3 is 10.1 Å². The molecule has 0 atom stereocenters. The molecule has 6 nitrogen and oxygen atoms in total. The van der Waals surface area contributed by atoms with Crippen molar-refractivity contribution in [3.63, 3.8) is 0 Å². The fourth-order valence-corrected chi connectivity index (χ4v) is 2.05. The number of nitrogens with zero attached hydrogens (tertiary/aromatic N) is 3. The first kappa shape index (κ1) is 12.7. The van der Waals surface area contributed by atoms with Crippen LogP contribution in [0.5, 0.6) is 0 Å². The second-order valence-electron chi connectivity index (χ2n) is 5.48. The van der Waals surface area contributed by atoms with Gasteiger partial charge in [0.05, 0.1) is 18.8 Å². The van der Waals surface area contributed by atoms with E-state index < -0.39 is 5.60 Å². The highest BCUT2D eigenvalue weighted by molar-refractivity contribution is 5.70. The Morgan fingerprint density at radius 1 is 1.39 bits per heavy atom. The Hall–Kier alpha value is -1.72. The van der Waals surface area contributed by atoms with Gasteiger partial charge in [-0.3, -0.25) is 9.58 Å². The van der Waals surface area contributed by atoms with Gasteiger partial charge in [0.2, 0.25) is 0 Å². The second-order valence-corrected chi connectivity index (χ2v) is 5.48. The summed E-state index contributed by atoms with van der Waals surface area (Å²) >= 11 is 0. The zero-order valence-corrected chi connectivity index (χ0v) is 11.6. The summed E-state index contributed by atoms with van der Waals surface area (Å²) in [6, 6.07) is 0. The zero-order valence-electron chi connectivity index (χ0n) is 11.6. The van der Waals surface area contributed by atoms with Gasteiger partial charge in [-0.25, -0.2) is 4.79 Å². The molecule has 0 spiro atoms. The van der Waals surface area contributed by atoms with E-state index in [1.54, 1.807) is 4.90 Å². The van der Waals surface area contributed by atoms with Crippen molar-refractivity contribution in [3.8, 4) is 0 Å². The zero-order chi connectivity index (χ0) is 13.5. The van der Waals surface area contributed by atoms with Gasteiger partial charge in [-0.2, -0.15) is 5.10 Å². The van der Waals surface area contributed by atoms with Crippen molar-refractivity contribution in [1.29, 1.82) is 0 Å². The summed E-state index contributed by atoms with van der Waals surface area (Å²) in [5, 5.41) is 7.39. The van der Waals surface area contributed by atoms with Crippen LogP contribution in [0.25, 0.3) is 0 Å². The maximum Gasteiger partial charge on any atom is 0.410 e. The fraction of sp³-hybridized carbons (Fsp3) is 0.667. The van der Waals surface area contributed by atoms with Crippen molar-refractivity contribution >= 4 is 11.9 Å². The minimum atomic E-state index is -0.462. The van der Waals surface area contributed by atoms with E-state index in [1.165, 1.54) is 0 Å². The van der Waals surface area contributed by atoms with Crippen LogP contribution in [0.2, 0.25) is 0 Å². The van der Waals surface area contributed by atoms with Crippen molar-refractivity contribution in [2.75, 3.05) is 12.4 Å². The molecule has 0 saturated heterocycles. The van der Waals surface area contributed by atoms with E-state index in [0.717, 1.165) is 17.1 Å². The summed E-state index contributed by atoms with van der Waals surface area (Å²) in [7, 11) is 3.72. The molecule has 1 N–H and O–H groups in total. The lowest BCUT2D eigenvalue weighted by molar-refractivity contribution is 0.0239. The third-order valence-corrected chi connectivity index (χ3v) is 2.85. The molecule has 100 valence electrons. The molecular weight excluding hydrogens is 232 g/mol. The third kappa shape index (κ3) is 2.27. The molecule has 2 rings (SSSR count). The molecule has 0 aliphatic carbocycles. The first-order valence-corrected chi connectivity index (χ1v) is 6.02. The van der Waals surface area contributed by atoms with Crippen LogP contribution in [0.3, 0.4) is 0 Å².